The van der Waals surface area contributed by atoms with Gasteiger partial charge in [0.25, 0.3) is 0 Å². The summed E-state index contributed by atoms with van der Waals surface area (Å²) in [5.74, 6) is -1.72. The average molecular weight is 408 g/mol. The number of carbonyl (C=O) groups excluding carboxylic acids is 2. The molecule has 9 heteroatoms. The minimum absolute atomic E-state index is 0. The predicted octanol–water partition coefficient (Wildman–Crippen LogP) is 1.08. The number of carbonyl (C=O) groups is 2. The largest absolute Gasteiger partial charge is 0.395 e. The highest BCUT2D eigenvalue weighted by molar-refractivity contribution is 6.06. The summed E-state index contributed by atoms with van der Waals surface area (Å²) in [5.41, 5.74) is 0.297. The molecule has 2 aliphatic heterocycles. The third-order valence-electron chi connectivity index (χ3n) is 4.75. The normalized spacial score (nSPS) is 21.5. The van der Waals surface area contributed by atoms with Gasteiger partial charge < -0.3 is 5.11 Å². The summed E-state index contributed by atoms with van der Waals surface area (Å²) in [7, 11) is 0. The van der Waals surface area contributed by atoms with E-state index in [1.807, 2.05) is 4.90 Å². The average Bonchev–Trinajstić information content (AvgIpc) is 2.85. The molecule has 146 valence electrons. The molecule has 3 rings (SSSR count). The molecule has 6 nitrogen and oxygen atoms in total. The van der Waals surface area contributed by atoms with Crippen LogP contribution in [0.3, 0.4) is 0 Å². The second-order valence-electron chi connectivity index (χ2n) is 6.26. The number of piperazine rings is 1. The van der Waals surface area contributed by atoms with Crippen LogP contribution in [0.4, 0.5) is 4.39 Å². The lowest BCUT2D eigenvalue weighted by atomic mass is 9.97. The maximum atomic E-state index is 13.9. The molecule has 0 aliphatic carbocycles. The van der Waals surface area contributed by atoms with E-state index in [1.165, 1.54) is 11.0 Å². The first-order valence-electron chi connectivity index (χ1n) is 8.24. The van der Waals surface area contributed by atoms with Gasteiger partial charge in [-0.25, -0.2) is 4.39 Å². The standard InChI is InChI=1S/C17H22FN3O3.2ClH/c18-15-4-2-1-3-13(15)14-11-16(23)21(17(14)24)12-20-7-5-19(6-8-20)9-10-22;;/h1-4,14,22H,5-12H2;2*1H. The van der Waals surface area contributed by atoms with E-state index in [0.717, 1.165) is 26.2 Å². The molecule has 1 unspecified atom stereocenters. The molecule has 0 aromatic heterocycles. The first-order valence-corrected chi connectivity index (χ1v) is 8.24. The van der Waals surface area contributed by atoms with Gasteiger partial charge in [-0.1, -0.05) is 18.2 Å². The van der Waals surface area contributed by atoms with Crippen molar-refractivity contribution in [2.45, 2.75) is 12.3 Å². The van der Waals surface area contributed by atoms with Gasteiger partial charge in [0.1, 0.15) is 5.82 Å². The SMILES string of the molecule is Cl.Cl.O=C1CC(c2ccccc2F)C(=O)N1CN1CCN(CCO)CC1. The Morgan fingerprint density at radius 2 is 1.65 bits per heavy atom. The number of hydrogen-bond acceptors (Lipinski definition) is 5. The van der Waals surface area contributed by atoms with Crippen LogP contribution < -0.4 is 0 Å². The van der Waals surface area contributed by atoms with Crippen LogP contribution in [0.2, 0.25) is 0 Å². The Morgan fingerprint density at radius 3 is 2.27 bits per heavy atom. The number of imide groups is 1. The van der Waals surface area contributed by atoms with E-state index >= 15 is 0 Å². The van der Waals surface area contributed by atoms with Gasteiger partial charge in [-0.2, -0.15) is 0 Å². The van der Waals surface area contributed by atoms with Crippen LogP contribution in [0.15, 0.2) is 24.3 Å². The molecule has 2 amide bonds. The highest BCUT2D eigenvalue weighted by Crippen LogP contribution is 2.31. The summed E-state index contributed by atoms with van der Waals surface area (Å²) in [6.07, 6.45) is 0.0320. The number of aliphatic hydroxyl groups is 1. The van der Waals surface area contributed by atoms with Crippen molar-refractivity contribution in [1.82, 2.24) is 14.7 Å². The molecule has 0 spiro atoms. The molecule has 26 heavy (non-hydrogen) atoms. The van der Waals surface area contributed by atoms with Crippen LogP contribution in [-0.2, 0) is 9.59 Å². The van der Waals surface area contributed by atoms with Crippen LogP contribution >= 0.6 is 24.8 Å². The molecule has 1 atom stereocenters. The van der Waals surface area contributed by atoms with Gasteiger partial charge in [-0.15, -0.1) is 24.8 Å². The van der Waals surface area contributed by atoms with Gasteiger partial charge in [0.15, 0.2) is 0 Å². The molecule has 1 aromatic rings. The summed E-state index contributed by atoms with van der Waals surface area (Å²) >= 11 is 0. The maximum absolute atomic E-state index is 13.9. The topological polar surface area (TPSA) is 64.1 Å². The van der Waals surface area contributed by atoms with E-state index in [9.17, 15) is 14.0 Å². The lowest BCUT2D eigenvalue weighted by molar-refractivity contribution is -0.141. The van der Waals surface area contributed by atoms with Crippen LogP contribution in [0, 0.1) is 5.82 Å². The van der Waals surface area contributed by atoms with Gasteiger partial charge in [0.05, 0.1) is 19.2 Å². The summed E-state index contributed by atoms with van der Waals surface area (Å²) in [5, 5.41) is 8.96. The van der Waals surface area contributed by atoms with Crippen molar-refractivity contribution < 1.29 is 19.1 Å². The molecule has 0 radical (unpaired) electrons. The van der Waals surface area contributed by atoms with Gasteiger partial charge in [-0.05, 0) is 6.07 Å². The van der Waals surface area contributed by atoms with Gasteiger partial charge in [-0.3, -0.25) is 24.3 Å². The summed E-state index contributed by atoms with van der Waals surface area (Å²) < 4.78 is 13.9. The number of halogens is 3. The van der Waals surface area contributed by atoms with Crippen molar-refractivity contribution in [1.29, 1.82) is 0 Å². The van der Waals surface area contributed by atoms with Crippen molar-refractivity contribution in [2.24, 2.45) is 0 Å². The Labute approximate surface area is 164 Å². The Hall–Kier alpha value is -1.25. The zero-order valence-electron chi connectivity index (χ0n) is 14.3. The number of hydrogen-bond donors (Lipinski definition) is 1. The fraction of sp³-hybridized carbons (Fsp3) is 0.529. The van der Waals surface area contributed by atoms with Crippen LogP contribution in [-0.4, -0.2) is 77.6 Å². The lowest BCUT2D eigenvalue weighted by Crippen LogP contribution is -2.51. The van der Waals surface area contributed by atoms with E-state index in [-0.39, 0.29) is 56.3 Å². The second-order valence-corrected chi connectivity index (χ2v) is 6.26. The molecule has 1 N–H and O–H groups in total. The Bertz CT molecular complexity index is 627. The van der Waals surface area contributed by atoms with Crippen molar-refractivity contribution in [3.8, 4) is 0 Å². The van der Waals surface area contributed by atoms with E-state index in [0.29, 0.717) is 12.1 Å². The number of nitrogens with zero attached hydrogens (tertiary/aromatic N) is 3. The van der Waals surface area contributed by atoms with Gasteiger partial charge in [0, 0.05) is 44.7 Å². The molecule has 1 aromatic carbocycles. The highest BCUT2D eigenvalue weighted by atomic mass is 35.5. The number of β-amino-alcohol motifs (C(OH)–C–C–N with tert-alkyl or cyclic N) is 1. The fourth-order valence-corrected chi connectivity index (χ4v) is 3.33. The minimum atomic E-state index is -0.714. The summed E-state index contributed by atoms with van der Waals surface area (Å²) in [4.78, 5) is 30.3. The smallest absolute Gasteiger partial charge is 0.238 e. The molecule has 2 aliphatic rings. The fourth-order valence-electron chi connectivity index (χ4n) is 3.33. The molecule has 2 heterocycles. The molecular formula is C17H24Cl2FN3O3. The second kappa shape index (κ2) is 10.2. The lowest BCUT2D eigenvalue weighted by Gasteiger charge is -2.35. The Kier molecular flexibility index (Phi) is 8.92. The zero-order chi connectivity index (χ0) is 17.1. The Balaban J connectivity index is 0.00000169. The maximum Gasteiger partial charge on any atom is 0.238 e. The quantitative estimate of drug-likeness (QED) is 0.739. The van der Waals surface area contributed by atoms with E-state index in [4.69, 9.17) is 5.11 Å². The predicted molar refractivity (Wildman–Crippen MR) is 100 cm³/mol. The van der Waals surface area contributed by atoms with Crippen molar-refractivity contribution >= 4 is 36.6 Å². The Morgan fingerprint density at radius 1 is 1.04 bits per heavy atom. The van der Waals surface area contributed by atoms with E-state index in [1.54, 1.807) is 18.2 Å². The summed E-state index contributed by atoms with van der Waals surface area (Å²) in [6.45, 7) is 4.11. The number of aliphatic hydroxyl groups excluding tert-OH is 1. The van der Waals surface area contributed by atoms with Crippen molar-refractivity contribution in [3.63, 3.8) is 0 Å². The number of likely N-dealkylation sites (tertiary alicyclic amines) is 1. The minimum Gasteiger partial charge on any atom is -0.395 e. The zero-order valence-corrected chi connectivity index (χ0v) is 16.0. The number of rotatable bonds is 5. The van der Waals surface area contributed by atoms with Crippen molar-refractivity contribution in [2.75, 3.05) is 46.0 Å². The number of benzene rings is 1. The molecule has 0 bridgehead atoms. The first-order chi connectivity index (χ1) is 11.6. The van der Waals surface area contributed by atoms with Crippen LogP contribution in [0.1, 0.15) is 17.9 Å². The van der Waals surface area contributed by atoms with E-state index < -0.39 is 11.7 Å². The van der Waals surface area contributed by atoms with Gasteiger partial charge in [0.2, 0.25) is 11.8 Å². The van der Waals surface area contributed by atoms with Crippen LogP contribution in [0.5, 0.6) is 0 Å². The van der Waals surface area contributed by atoms with Crippen LogP contribution in [0.25, 0.3) is 0 Å². The van der Waals surface area contributed by atoms with E-state index in [2.05, 4.69) is 4.90 Å². The summed E-state index contributed by atoms with van der Waals surface area (Å²) in [6, 6.07) is 6.14. The molecular weight excluding hydrogens is 384 g/mol. The number of amides is 2. The molecule has 2 saturated heterocycles. The monoisotopic (exact) mass is 407 g/mol. The third-order valence-corrected chi connectivity index (χ3v) is 4.75. The third kappa shape index (κ3) is 4.92. The highest BCUT2D eigenvalue weighted by Gasteiger charge is 2.41. The first kappa shape index (κ1) is 22.8. The van der Waals surface area contributed by atoms with Crippen molar-refractivity contribution in [3.05, 3.63) is 35.6 Å². The molecule has 2 fully saturated rings. The molecule has 0 saturated carbocycles. The van der Waals surface area contributed by atoms with Gasteiger partial charge >= 0.3 is 0 Å².